The minimum Gasteiger partial charge on any atom is -0.494 e. The van der Waals surface area contributed by atoms with Gasteiger partial charge in [-0.1, -0.05) is 18.2 Å². The van der Waals surface area contributed by atoms with E-state index in [1.807, 2.05) is 31.2 Å². The fourth-order valence-electron chi connectivity index (χ4n) is 2.50. The van der Waals surface area contributed by atoms with Gasteiger partial charge in [0.15, 0.2) is 6.04 Å². The van der Waals surface area contributed by atoms with Crippen LogP contribution < -0.4 is 4.74 Å². The molecule has 1 atom stereocenters. The molecule has 22 heavy (non-hydrogen) atoms. The van der Waals surface area contributed by atoms with Gasteiger partial charge in [0.1, 0.15) is 5.75 Å². The zero-order chi connectivity index (χ0) is 15.9. The van der Waals surface area contributed by atoms with Crippen LogP contribution in [0.4, 0.5) is 0 Å². The van der Waals surface area contributed by atoms with Gasteiger partial charge in [-0.05, 0) is 25.0 Å². The van der Waals surface area contributed by atoms with E-state index in [-0.39, 0.29) is 18.9 Å². The number of aryl methyl sites for hydroxylation is 1. The quantitative estimate of drug-likeness (QED) is 0.858. The number of nitrogens with zero attached hydrogens (tertiary/aromatic N) is 1. The number of amides is 1. The van der Waals surface area contributed by atoms with E-state index in [4.69, 9.17) is 14.6 Å². The van der Waals surface area contributed by atoms with Crippen LogP contribution in [0, 0.1) is 0 Å². The van der Waals surface area contributed by atoms with Crippen LogP contribution >= 0.6 is 0 Å². The number of rotatable bonds is 6. The highest BCUT2D eigenvalue weighted by molar-refractivity contribution is 5.84. The molecular formula is C16H21NO5. The standard InChI is InChI=1S/C16H21NO5/c1-2-22-14-6-4-3-5-12(14)7-8-15(18)17-9-10-21-11-13(17)16(19)20/h3-6,13H,2,7-11H2,1H3,(H,19,20). The lowest BCUT2D eigenvalue weighted by molar-refractivity contribution is -0.158. The highest BCUT2D eigenvalue weighted by Gasteiger charge is 2.32. The minimum absolute atomic E-state index is 0.0522. The summed E-state index contributed by atoms with van der Waals surface area (Å²) in [7, 11) is 0. The van der Waals surface area contributed by atoms with Crippen molar-refractivity contribution in [1.29, 1.82) is 0 Å². The van der Waals surface area contributed by atoms with Gasteiger partial charge >= 0.3 is 5.97 Å². The first-order chi connectivity index (χ1) is 10.6. The largest absolute Gasteiger partial charge is 0.494 e. The average molecular weight is 307 g/mol. The van der Waals surface area contributed by atoms with E-state index >= 15 is 0 Å². The van der Waals surface area contributed by atoms with E-state index in [2.05, 4.69) is 0 Å². The Morgan fingerprint density at radius 3 is 2.91 bits per heavy atom. The van der Waals surface area contributed by atoms with Gasteiger partial charge in [0.25, 0.3) is 0 Å². The van der Waals surface area contributed by atoms with Crippen molar-refractivity contribution in [1.82, 2.24) is 4.90 Å². The molecule has 1 aromatic rings. The number of carbonyl (C=O) groups is 2. The molecule has 0 spiro atoms. The number of hydrogen-bond donors (Lipinski definition) is 1. The summed E-state index contributed by atoms with van der Waals surface area (Å²) in [5.74, 6) is -0.417. The maximum Gasteiger partial charge on any atom is 0.328 e. The Kier molecular flexibility index (Phi) is 5.77. The molecule has 1 aliphatic rings. The van der Waals surface area contributed by atoms with Crippen LogP contribution in [-0.4, -0.2) is 54.3 Å². The van der Waals surface area contributed by atoms with Crippen molar-refractivity contribution < 1.29 is 24.2 Å². The Bertz CT molecular complexity index is 531. The molecule has 1 aromatic carbocycles. The minimum atomic E-state index is -1.03. The van der Waals surface area contributed by atoms with Gasteiger partial charge in [-0.2, -0.15) is 0 Å². The molecule has 1 saturated heterocycles. The van der Waals surface area contributed by atoms with E-state index in [0.717, 1.165) is 11.3 Å². The lowest BCUT2D eigenvalue weighted by Gasteiger charge is -2.33. The van der Waals surface area contributed by atoms with E-state index in [1.165, 1.54) is 4.90 Å². The van der Waals surface area contributed by atoms with Crippen molar-refractivity contribution in [3.05, 3.63) is 29.8 Å². The predicted octanol–water partition coefficient (Wildman–Crippen LogP) is 1.33. The van der Waals surface area contributed by atoms with Crippen LogP contribution in [-0.2, 0) is 20.7 Å². The van der Waals surface area contributed by atoms with Crippen molar-refractivity contribution in [2.75, 3.05) is 26.4 Å². The molecule has 1 fully saturated rings. The number of aliphatic carboxylic acids is 1. The van der Waals surface area contributed by atoms with Crippen molar-refractivity contribution in [2.45, 2.75) is 25.8 Å². The zero-order valence-electron chi connectivity index (χ0n) is 12.7. The topological polar surface area (TPSA) is 76.1 Å². The fraction of sp³-hybridized carbons (Fsp3) is 0.500. The van der Waals surface area contributed by atoms with Crippen LogP contribution in [0.3, 0.4) is 0 Å². The van der Waals surface area contributed by atoms with E-state index in [0.29, 0.717) is 26.2 Å². The summed E-state index contributed by atoms with van der Waals surface area (Å²) < 4.78 is 10.7. The number of hydrogen-bond acceptors (Lipinski definition) is 4. The average Bonchev–Trinajstić information content (AvgIpc) is 2.54. The van der Waals surface area contributed by atoms with Crippen LogP contribution in [0.5, 0.6) is 5.75 Å². The summed E-state index contributed by atoms with van der Waals surface area (Å²) in [6.45, 7) is 3.23. The second-order valence-electron chi connectivity index (χ2n) is 5.06. The first kappa shape index (κ1) is 16.3. The summed E-state index contributed by atoms with van der Waals surface area (Å²) in [5, 5.41) is 9.16. The summed E-state index contributed by atoms with van der Waals surface area (Å²) in [6.07, 6.45) is 0.784. The van der Waals surface area contributed by atoms with Gasteiger partial charge in [0, 0.05) is 13.0 Å². The lowest BCUT2D eigenvalue weighted by Crippen LogP contribution is -2.52. The fourth-order valence-corrected chi connectivity index (χ4v) is 2.50. The third kappa shape index (κ3) is 3.98. The zero-order valence-corrected chi connectivity index (χ0v) is 12.7. The van der Waals surface area contributed by atoms with Gasteiger partial charge < -0.3 is 19.5 Å². The van der Waals surface area contributed by atoms with Gasteiger partial charge in [0.2, 0.25) is 5.91 Å². The SMILES string of the molecule is CCOc1ccccc1CCC(=O)N1CCOCC1C(=O)O. The molecule has 6 heteroatoms. The molecule has 0 saturated carbocycles. The Morgan fingerprint density at radius 2 is 2.18 bits per heavy atom. The van der Waals surface area contributed by atoms with Crippen molar-refractivity contribution in [3.8, 4) is 5.75 Å². The van der Waals surface area contributed by atoms with Crippen molar-refractivity contribution in [2.24, 2.45) is 0 Å². The number of carbonyl (C=O) groups excluding carboxylic acids is 1. The molecule has 6 nitrogen and oxygen atoms in total. The Balaban J connectivity index is 1.98. The Morgan fingerprint density at radius 1 is 1.41 bits per heavy atom. The number of carboxylic acid groups (broad SMARTS) is 1. The highest BCUT2D eigenvalue weighted by Crippen LogP contribution is 2.20. The predicted molar refractivity (Wildman–Crippen MR) is 79.9 cm³/mol. The normalized spacial score (nSPS) is 18.0. The number of morpholine rings is 1. The Labute approximate surface area is 129 Å². The molecule has 1 heterocycles. The molecule has 0 bridgehead atoms. The maximum absolute atomic E-state index is 12.3. The molecule has 1 unspecified atom stereocenters. The molecule has 0 radical (unpaired) electrons. The monoisotopic (exact) mass is 307 g/mol. The summed E-state index contributed by atoms with van der Waals surface area (Å²) >= 11 is 0. The summed E-state index contributed by atoms with van der Waals surface area (Å²) in [6, 6.07) is 6.70. The smallest absolute Gasteiger partial charge is 0.328 e. The van der Waals surface area contributed by atoms with Crippen LogP contribution in [0.1, 0.15) is 18.9 Å². The number of ether oxygens (including phenoxy) is 2. The summed E-state index contributed by atoms with van der Waals surface area (Å²) in [4.78, 5) is 24.9. The molecule has 0 aliphatic carbocycles. The molecule has 0 aromatic heterocycles. The van der Waals surface area contributed by atoms with E-state index < -0.39 is 12.0 Å². The van der Waals surface area contributed by atoms with Crippen LogP contribution in [0.15, 0.2) is 24.3 Å². The van der Waals surface area contributed by atoms with Crippen molar-refractivity contribution >= 4 is 11.9 Å². The molecule has 120 valence electrons. The molecule has 1 amide bonds. The number of carboxylic acids is 1. The third-order valence-corrected chi connectivity index (χ3v) is 3.61. The third-order valence-electron chi connectivity index (χ3n) is 3.61. The van der Waals surface area contributed by atoms with Crippen molar-refractivity contribution in [3.63, 3.8) is 0 Å². The lowest BCUT2D eigenvalue weighted by atomic mass is 10.1. The van der Waals surface area contributed by atoms with Gasteiger partial charge in [-0.25, -0.2) is 4.79 Å². The second-order valence-corrected chi connectivity index (χ2v) is 5.06. The maximum atomic E-state index is 12.3. The van der Waals surface area contributed by atoms with E-state index in [1.54, 1.807) is 0 Å². The van der Waals surface area contributed by atoms with Gasteiger partial charge in [-0.3, -0.25) is 4.79 Å². The first-order valence-electron chi connectivity index (χ1n) is 7.44. The van der Waals surface area contributed by atoms with E-state index in [9.17, 15) is 9.59 Å². The molecule has 1 aliphatic heterocycles. The summed E-state index contributed by atoms with van der Waals surface area (Å²) in [5.41, 5.74) is 0.956. The molecular weight excluding hydrogens is 286 g/mol. The number of benzene rings is 1. The van der Waals surface area contributed by atoms with Gasteiger partial charge in [0.05, 0.1) is 19.8 Å². The van der Waals surface area contributed by atoms with Crippen LogP contribution in [0.25, 0.3) is 0 Å². The second kappa shape index (κ2) is 7.79. The number of para-hydroxylation sites is 1. The van der Waals surface area contributed by atoms with Gasteiger partial charge in [-0.15, -0.1) is 0 Å². The van der Waals surface area contributed by atoms with Crippen LogP contribution in [0.2, 0.25) is 0 Å². The highest BCUT2D eigenvalue weighted by atomic mass is 16.5. The Hall–Kier alpha value is -2.08. The molecule has 2 rings (SSSR count). The first-order valence-corrected chi connectivity index (χ1v) is 7.44. The molecule has 1 N–H and O–H groups in total.